The highest BCUT2D eigenvalue weighted by Crippen LogP contribution is 2.35. The van der Waals surface area contributed by atoms with Crippen molar-refractivity contribution in [3.05, 3.63) is 58.2 Å². The van der Waals surface area contributed by atoms with Gasteiger partial charge in [-0.3, -0.25) is 0 Å². The average Bonchev–Trinajstić information content (AvgIpc) is 2.98. The lowest BCUT2D eigenvalue weighted by atomic mass is 10.0. The summed E-state index contributed by atoms with van der Waals surface area (Å²) in [7, 11) is 0. The van der Waals surface area contributed by atoms with Crippen molar-refractivity contribution in [2.24, 2.45) is 0 Å². The van der Waals surface area contributed by atoms with Gasteiger partial charge in [0.25, 0.3) is 0 Å². The highest BCUT2D eigenvalue weighted by molar-refractivity contribution is 9.10. The molecule has 3 heterocycles. The molecule has 0 saturated carbocycles. The zero-order valence-corrected chi connectivity index (χ0v) is 12.1. The van der Waals surface area contributed by atoms with Gasteiger partial charge >= 0.3 is 0 Å². The van der Waals surface area contributed by atoms with Gasteiger partial charge < -0.3 is 4.57 Å². The maximum absolute atomic E-state index is 13.5. The SMILES string of the molecule is Fc1cccc(C2CCc3nc4ccc(Br)nc4n32)c1. The molecule has 1 aliphatic heterocycles. The van der Waals surface area contributed by atoms with Crippen LogP contribution in [0.3, 0.4) is 0 Å². The van der Waals surface area contributed by atoms with E-state index in [-0.39, 0.29) is 11.9 Å². The predicted molar refractivity (Wildman–Crippen MR) is 78.1 cm³/mol. The standard InChI is InChI=1S/C15H11BrFN3/c16-13-6-4-11-15(19-13)20-12(5-7-14(20)18-11)9-2-1-3-10(17)8-9/h1-4,6,8,12H,5,7H2. The number of rotatable bonds is 1. The van der Waals surface area contributed by atoms with E-state index >= 15 is 0 Å². The number of imidazole rings is 1. The normalized spacial score (nSPS) is 17.6. The van der Waals surface area contributed by atoms with Crippen LogP contribution in [0, 0.1) is 5.82 Å². The molecular weight excluding hydrogens is 321 g/mol. The Morgan fingerprint density at radius 3 is 2.95 bits per heavy atom. The van der Waals surface area contributed by atoms with Crippen molar-refractivity contribution in [1.82, 2.24) is 14.5 Å². The van der Waals surface area contributed by atoms with E-state index in [0.29, 0.717) is 0 Å². The van der Waals surface area contributed by atoms with E-state index in [4.69, 9.17) is 0 Å². The first-order chi connectivity index (χ1) is 9.72. The lowest BCUT2D eigenvalue weighted by Crippen LogP contribution is -2.06. The Labute approximate surface area is 123 Å². The van der Waals surface area contributed by atoms with Gasteiger partial charge in [0.2, 0.25) is 0 Å². The summed E-state index contributed by atoms with van der Waals surface area (Å²) in [6, 6.07) is 10.8. The maximum Gasteiger partial charge on any atom is 0.161 e. The van der Waals surface area contributed by atoms with Crippen LogP contribution in [0.4, 0.5) is 4.39 Å². The minimum absolute atomic E-state index is 0.118. The first kappa shape index (κ1) is 12.0. The fraction of sp³-hybridized carbons (Fsp3) is 0.200. The van der Waals surface area contributed by atoms with Crippen molar-refractivity contribution >= 4 is 27.1 Å². The van der Waals surface area contributed by atoms with Gasteiger partial charge in [0.1, 0.15) is 21.8 Å². The summed E-state index contributed by atoms with van der Waals surface area (Å²) in [6.07, 6.45) is 1.84. The lowest BCUT2D eigenvalue weighted by molar-refractivity contribution is 0.601. The second-order valence-electron chi connectivity index (χ2n) is 4.98. The second kappa shape index (κ2) is 4.38. The van der Waals surface area contributed by atoms with Crippen LogP contribution in [0.5, 0.6) is 0 Å². The molecule has 20 heavy (non-hydrogen) atoms. The summed E-state index contributed by atoms with van der Waals surface area (Å²) < 4.78 is 16.4. The van der Waals surface area contributed by atoms with Gasteiger partial charge in [0, 0.05) is 6.42 Å². The molecule has 1 aromatic carbocycles. The molecule has 1 aliphatic rings. The van der Waals surface area contributed by atoms with Crippen LogP contribution < -0.4 is 0 Å². The Hall–Kier alpha value is -1.75. The summed E-state index contributed by atoms with van der Waals surface area (Å²) in [6.45, 7) is 0. The summed E-state index contributed by atoms with van der Waals surface area (Å²) in [4.78, 5) is 9.15. The van der Waals surface area contributed by atoms with Gasteiger partial charge in [-0.05, 0) is 52.2 Å². The van der Waals surface area contributed by atoms with E-state index in [2.05, 4.69) is 30.5 Å². The molecule has 0 aliphatic carbocycles. The number of aryl methyl sites for hydroxylation is 1. The Morgan fingerprint density at radius 2 is 2.10 bits per heavy atom. The number of halogens is 2. The van der Waals surface area contributed by atoms with E-state index in [1.165, 1.54) is 6.07 Å². The van der Waals surface area contributed by atoms with E-state index < -0.39 is 0 Å². The molecule has 3 aromatic rings. The number of hydrogen-bond donors (Lipinski definition) is 0. The first-order valence-electron chi connectivity index (χ1n) is 6.51. The molecule has 3 nitrogen and oxygen atoms in total. The van der Waals surface area contributed by atoms with Crippen LogP contribution in [0.2, 0.25) is 0 Å². The Balaban J connectivity index is 1.92. The zero-order chi connectivity index (χ0) is 13.7. The molecule has 0 saturated heterocycles. The van der Waals surface area contributed by atoms with Crippen molar-refractivity contribution in [3.8, 4) is 0 Å². The van der Waals surface area contributed by atoms with Gasteiger partial charge in [-0.15, -0.1) is 0 Å². The quantitative estimate of drug-likeness (QED) is 0.634. The van der Waals surface area contributed by atoms with Crippen LogP contribution >= 0.6 is 15.9 Å². The van der Waals surface area contributed by atoms with E-state index in [0.717, 1.165) is 40.0 Å². The van der Waals surface area contributed by atoms with Crippen molar-refractivity contribution in [2.75, 3.05) is 0 Å². The molecule has 100 valence electrons. The molecule has 0 spiro atoms. The molecule has 1 atom stereocenters. The van der Waals surface area contributed by atoms with E-state index in [9.17, 15) is 4.39 Å². The number of benzene rings is 1. The molecule has 2 aromatic heterocycles. The smallest absolute Gasteiger partial charge is 0.161 e. The molecule has 1 unspecified atom stereocenters. The molecule has 0 bridgehead atoms. The zero-order valence-electron chi connectivity index (χ0n) is 10.6. The van der Waals surface area contributed by atoms with Crippen molar-refractivity contribution in [1.29, 1.82) is 0 Å². The summed E-state index contributed by atoms with van der Waals surface area (Å²) in [5.74, 6) is 0.828. The first-order valence-corrected chi connectivity index (χ1v) is 7.30. The topological polar surface area (TPSA) is 30.7 Å². The van der Waals surface area contributed by atoms with Crippen LogP contribution in [-0.2, 0) is 6.42 Å². The number of hydrogen-bond acceptors (Lipinski definition) is 2. The Morgan fingerprint density at radius 1 is 1.20 bits per heavy atom. The third kappa shape index (κ3) is 1.77. The second-order valence-corrected chi connectivity index (χ2v) is 5.80. The summed E-state index contributed by atoms with van der Waals surface area (Å²) in [5.41, 5.74) is 2.73. The van der Waals surface area contributed by atoms with Gasteiger partial charge in [-0.2, -0.15) is 0 Å². The minimum Gasteiger partial charge on any atom is -0.305 e. The van der Waals surface area contributed by atoms with Gasteiger partial charge in [-0.25, -0.2) is 14.4 Å². The van der Waals surface area contributed by atoms with Gasteiger partial charge in [0.15, 0.2) is 5.65 Å². The third-order valence-electron chi connectivity index (χ3n) is 3.76. The molecule has 4 rings (SSSR count). The van der Waals surface area contributed by atoms with E-state index in [1.807, 2.05) is 18.2 Å². The van der Waals surface area contributed by atoms with Crippen molar-refractivity contribution < 1.29 is 4.39 Å². The van der Waals surface area contributed by atoms with Gasteiger partial charge in [-0.1, -0.05) is 12.1 Å². The van der Waals surface area contributed by atoms with Crippen LogP contribution in [0.25, 0.3) is 11.2 Å². The molecular formula is C15H11BrFN3. The summed E-state index contributed by atoms with van der Waals surface area (Å²) >= 11 is 3.40. The molecule has 5 heteroatoms. The number of fused-ring (bicyclic) bond motifs is 3. The number of aromatic nitrogens is 3. The van der Waals surface area contributed by atoms with Crippen LogP contribution in [0.15, 0.2) is 41.0 Å². The highest BCUT2D eigenvalue weighted by atomic mass is 79.9. The van der Waals surface area contributed by atoms with Gasteiger partial charge in [0.05, 0.1) is 6.04 Å². The number of nitrogens with zero attached hydrogens (tertiary/aromatic N) is 3. The minimum atomic E-state index is -0.200. The molecule has 0 fully saturated rings. The van der Waals surface area contributed by atoms with Crippen molar-refractivity contribution in [2.45, 2.75) is 18.9 Å². The van der Waals surface area contributed by atoms with Crippen LogP contribution in [0.1, 0.15) is 23.9 Å². The fourth-order valence-corrected chi connectivity index (χ4v) is 3.23. The third-order valence-corrected chi connectivity index (χ3v) is 4.20. The van der Waals surface area contributed by atoms with Crippen LogP contribution in [-0.4, -0.2) is 14.5 Å². The highest BCUT2D eigenvalue weighted by Gasteiger charge is 2.27. The predicted octanol–water partition coefficient (Wildman–Crippen LogP) is 3.87. The Kier molecular flexibility index (Phi) is 2.63. The molecule has 0 N–H and O–H groups in total. The van der Waals surface area contributed by atoms with Crippen molar-refractivity contribution in [3.63, 3.8) is 0 Å². The fourth-order valence-electron chi connectivity index (χ4n) is 2.93. The number of pyridine rings is 1. The lowest BCUT2D eigenvalue weighted by Gasteiger charge is -2.14. The average molecular weight is 332 g/mol. The maximum atomic E-state index is 13.5. The molecule has 0 amide bonds. The summed E-state index contributed by atoms with van der Waals surface area (Å²) in [5, 5.41) is 0. The Bertz CT molecular complexity index is 812. The largest absolute Gasteiger partial charge is 0.305 e. The monoisotopic (exact) mass is 331 g/mol. The molecule has 0 radical (unpaired) electrons. The van der Waals surface area contributed by atoms with E-state index in [1.54, 1.807) is 12.1 Å².